The molecule has 1 aromatic heterocycles. The van der Waals surface area contributed by atoms with Crippen LogP contribution in [0.1, 0.15) is 13.8 Å². The van der Waals surface area contributed by atoms with Crippen molar-refractivity contribution >= 4 is 34.4 Å². The van der Waals surface area contributed by atoms with E-state index in [1.54, 1.807) is 23.8 Å². The number of anilines is 1. The number of carbonyl (C=O) groups is 1. The number of methoxy groups -OCH3 is 1. The summed E-state index contributed by atoms with van der Waals surface area (Å²) < 4.78 is 12.7. The van der Waals surface area contributed by atoms with Gasteiger partial charge < -0.3 is 24.6 Å². The quantitative estimate of drug-likeness (QED) is 0.360. The van der Waals surface area contributed by atoms with Gasteiger partial charge in [-0.25, -0.2) is 4.79 Å². The summed E-state index contributed by atoms with van der Waals surface area (Å²) in [7, 11) is 1.70. The van der Waals surface area contributed by atoms with E-state index in [4.69, 9.17) is 14.6 Å². The predicted octanol–water partition coefficient (Wildman–Crippen LogP) is 4.38. The summed E-state index contributed by atoms with van der Waals surface area (Å²) in [5, 5.41) is 9.83. The van der Waals surface area contributed by atoms with Gasteiger partial charge in [0.2, 0.25) is 0 Å². The van der Waals surface area contributed by atoms with Crippen LogP contribution in [0.25, 0.3) is 22.2 Å². The minimum atomic E-state index is -0.229. The fraction of sp³-hybridized carbons (Fsp3) is 0.440. The van der Waals surface area contributed by atoms with E-state index in [0.717, 1.165) is 54.4 Å². The van der Waals surface area contributed by atoms with Crippen molar-refractivity contribution < 1.29 is 14.3 Å². The number of ether oxygens (including phenoxy) is 2. The SMILES string of the molecule is CCN(CC)CCn1nc2c3c(c(NCCN4CCOC4=O)ccc31)Sc1ccc(OC)cc1-2. The third-order valence-corrected chi connectivity index (χ3v) is 7.79. The van der Waals surface area contributed by atoms with Crippen LogP contribution in [0.3, 0.4) is 0 Å². The molecule has 0 bridgehead atoms. The number of nitrogens with one attached hydrogen (secondary N) is 1. The first-order valence-electron chi connectivity index (χ1n) is 11.9. The zero-order chi connectivity index (χ0) is 23.7. The van der Waals surface area contributed by atoms with E-state index in [9.17, 15) is 4.79 Å². The van der Waals surface area contributed by atoms with Crippen molar-refractivity contribution in [2.24, 2.45) is 0 Å². The number of hydrogen-bond donors (Lipinski definition) is 1. The van der Waals surface area contributed by atoms with Crippen molar-refractivity contribution in [1.29, 1.82) is 0 Å². The molecule has 3 heterocycles. The molecule has 0 spiro atoms. The number of benzene rings is 2. The third-order valence-electron chi connectivity index (χ3n) is 6.59. The summed E-state index contributed by atoms with van der Waals surface area (Å²) in [6, 6.07) is 10.5. The highest BCUT2D eigenvalue weighted by Gasteiger charge is 2.27. The Labute approximate surface area is 204 Å². The summed E-state index contributed by atoms with van der Waals surface area (Å²) in [5.74, 6) is 0.834. The Bertz CT molecular complexity index is 1210. The molecule has 8 nitrogen and oxygen atoms in total. The van der Waals surface area contributed by atoms with Gasteiger partial charge in [0.05, 0.1) is 25.7 Å². The number of nitrogens with zero attached hydrogens (tertiary/aromatic N) is 4. The maximum absolute atomic E-state index is 11.8. The molecule has 1 saturated heterocycles. The number of aromatic nitrogens is 2. The van der Waals surface area contributed by atoms with Gasteiger partial charge in [0.15, 0.2) is 0 Å². The largest absolute Gasteiger partial charge is 0.497 e. The topological polar surface area (TPSA) is 71.9 Å². The number of rotatable bonds is 10. The Hall–Kier alpha value is -2.91. The van der Waals surface area contributed by atoms with Crippen LogP contribution in [-0.2, 0) is 11.3 Å². The molecule has 34 heavy (non-hydrogen) atoms. The lowest BCUT2D eigenvalue weighted by Crippen LogP contribution is -2.29. The number of fused-ring (bicyclic) bond motifs is 2. The van der Waals surface area contributed by atoms with Crippen molar-refractivity contribution in [2.75, 3.05) is 58.3 Å². The molecule has 180 valence electrons. The lowest BCUT2D eigenvalue weighted by atomic mass is 10.1. The van der Waals surface area contributed by atoms with E-state index < -0.39 is 0 Å². The summed E-state index contributed by atoms with van der Waals surface area (Å²) in [5.41, 5.74) is 4.33. The monoisotopic (exact) mass is 481 g/mol. The highest BCUT2D eigenvalue weighted by Crippen LogP contribution is 2.51. The average molecular weight is 482 g/mol. The average Bonchev–Trinajstić information content (AvgIpc) is 3.45. The standard InChI is InChI=1S/C25H31N5O3S/c1-4-28(5-2)12-13-30-20-8-7-19(26-10-11-29-14-15-33-25(29)31)24-22(20)23(27-30)18-16-17(32-3)6-9-21(18)34-24/h6-9,16,26H,4-5,10-15H2,1-3H3. The van der Waals surface area contributed by atoms with Gasteiger partial charge in [-0.15, -0.1) is 0 Å². The first kappa shape index (κ1) is 22.9. The van der Waals surface area contributed by atoms with Gasteiger partial charge in [0.25, 0.3) is 0 Å². The number of cyclic esters (lactones) is 1. The second kappa shape index (κ2) is 9.76. The van der Waals surface area contributed by atoms with Crippen LogP contribution in [0.5, 0.6) is 5.75 Å². The van der Waals surface area contributed by atoms with E-state index in [1.165, 1.54) is 15.2 Å². The van der Waals surface area contributed by atoms with Crippen molar-refractivity contribution in [3.8, 4) is 17.0 Å². The van der Waals surface area contributed by atoms with Gasteiger partial charge in [-0.05, 0) is 43.4 Å². The zero-order valence-electron chi connectivity index (χ0n) is 20.0. The second-order valence-corrected chi connectivity index (χ2v) is 9.48. The molecule has 3 aromatic rings. The molecular weight excluding hydrogens is 450 g/mol. The van der Waals surface area contributed by atoms with Gasteiger partial charge in [0.1, 0.15) is 18.1 Å². The normalized spacial score (nSPS) is 14.6. The molecule has 1 amide bonds. The Balaban J connectivity index is 1.50. The fourth-order valence-corrected chi connectivity index (χ4v) is 5.77. The molecule has 1 fully saturated rings. The fourth-order valence-electron chi connectivity index (χ4n) is 4.60. The summed E-state index contributed by atoms with van der Waals surface area (Å²) >= 11 is 1.76. The highest BCUT2D eigenvalue weighted by atomic mass is 32.2. The number of hydrogen-bond acceptors (Lipinski definition) is 7. The van der Waals surface area contributed by atoms with Crippen molar-refractivity contribution in [3.05, 3.63) is 30.3 Å². The van der Waals surface area contributed by atoms with E-state index in [-0.39, 0.29) is 6.09 Å². The van der Waals surface area contributed by atoms with Crippen molar-refractivity contribution in [2.45, 2.75) is 30.2 Å². The lowest BCUT2D eigenvalue weighted by Gasteiger charge is -2.20. The first-order chi connectivity index (χ1) is 16.6. The van der Waals surface area contributed by atoms with Crippen LogP contribution in [-0.4, -0.2) is 78.7 Å². The highest BCUT2D eigenvalue weighted by molar-refractivity contribution is 8.00. The first-order valence-corrected chi connectivity index (χ1v) is 12.7. The molecule has 2 aliphatic rings. The Kier molecular flexibility index (Phi) is 6.56. The molecule has 2 aromatic carbocycles. The van der Waals surface area contributed by atoms with Gasteiger partial charge >= 0.3 is 6.09 Å². The Morgan fingerprint density at radius 3 is 2.79 bits per heavy atom. The molecule has 9 heteroatoms. The maximum atomic E-state index is 11.8. The van der Waals surface area contributed by atoms with Crippen LogP contribution in [0.2, 0.25) is 0 Å². The number of carbonyl (C=O) groups excluding carboxylic acids is 1. The molecule has 0 saturated carbocycles. The second-order valence-electron chi connectivity index (χ2n) is 8.43. The Morgan fingerprint density at radius 1 is 1.21 bits per heavy atom. The summed E-state index contributed by atoms with van der Waals surface area (Å²) in [6.07, 6.45) is -0.229. The van der Waals surface area contributed by atoms with Crippen LogP contribution in [0, 0.1) is 0 Å². The van der Waals surface area contributed by atoms with Gasteiger partial charge in [-0.2, -0.15) is 5.10 Å². The van der Waals surface area contributed by atoms with Gasteiger partial charge in [-0.1, -0.05) is 25.6 Å². The van der Waals surface area contributed by atoms with Gasteiger partial charge in [0, 0.05) is 46.1 Å². The van der Waals surface area contributed by atoms with Gasteiger partial charge in [-0.3, -0.25) is 4.68 Å². The minimum Gasteiger partial charge on any atom is -0.497 e. The zero-order valence-corrected chi connectivity index (χ0v) is 20.8. The van der Waals surface area contributed by atoms with E-state index in [0.29, 0.717) is 26.2 Å². The predicted molar refractivity (Wildman–Crippen MR) is 135 cm³/mol. The van der Waals surface area contributed by atoms with Crippen LogP contribution < -0.4 is 10.1 Å². The lowest BCUT2D eigenvalue weighted by molar-refractivity contribution is 0.159. The molecule has 0 unspecified atom stereocenters. The third kappa shape index (κ3) is 4.18. The number of amides is 1. The summed E-state index contributed by atoms with van der Waals surface area (Å²) in [6.45, 7) is 10.7. The van der Waals surface area contributed by atoms with Crippen LogP contribution in [0.4, 0.5) is 10.5 Å². The minimum absolute atomic E-state index is 0.229. The van der Waals surface area contributed by atoms with E-state index in [2.05, 4.69) is 53.0 Å². The maximum Gasteiger partial charge on any atom is 0.409 e. The van der Waals surface area contributed by atoms with E-state index >= 15 is 0 Å². The molecular formula is C25H31N5O3S. The number of likely N-dealkylation sites (N-methyl/N-ethyl adjacent to an activating group) is 1. The van der Waals surface area contributed by atoms with Crippen molar-refractivity contribution in [1.82, 2.24) is 19.6 Å². The molecule has 0 atom stereocenters. The van der Waals surface area contributed by atoms with E-state index in [1.807, 2.05) is 6.07 Å². The van der Waals surface area contributed by atoms with Crippen LogP contribution >= 0.6 is 11.8 Å². The molecule has 1 N–H and O–H groups in total. The molecule has 0 aliphatic carbocycles. The van der Waals surface area contributed by atoms with Crippen LogP contribution in [0.15, 0.2) is 40.1 Å². The Morgan fingerprint density at radius 2 is 2.06 bits per heavy atom. The molecule has 5 rings (SSSR count). The smallest absolute Gasteiger partial charge is 0.409 e. The molecule has 2 aliphatic heterocycles. The van der Waals surface area contributed by atoms with Crippen molar-refractivity contribution in [3.63, 3.8) is 0 Å². The molecule has 0 radical (unpaired) electrons. The summed E-state index contributed by atoms with van der Waals surface area (Å²) in [4.78, 5) is 18.3.